The van der Waals surface area contributed by atoms with Crippen LogP contribution in [0.1, 0.15) is 5.56 Å². The molecule has 0 radical (unpaired) electrons. The van der Waals surface area contributed by atoms with Crippen molar-refractivity contribution < 1.29 is 22.7 Å². The number of aryl methyl sites for hydroxylation is 1. The molecule has 2 rings (SSSR count). The zero-order chi connectivity index (χ0) is 20.2. The van der Waals surface area contributed by atoms with Gasteiger partial charge >= 0.3 is 0 Å². The van der Waals surface area contributed by atoms with Gasteiger partial charge < -0.3 is 14.8 Å². The number of carbonyl (C=O) groups excluding carboxylic acids is 1. The molecular weight excluding hydrogens is 392 g/mol. The van der Waals surface area contributed by atoms with Gasteiger partial charge in [0.05, 0.1) is 24.9 Å². The normalized spacial score (nSPS) is 11.0. The Kier molecular flexibility index (Phi) is 6.56. The van der Waals surface area contributed by atoms with Gasteiger partial charge in [-0.3, -0.25) is 9.10 Å². The van der Waals surface area contributed by atoms with E-state index in [1.54, 1.807) is 19.1 Å². The van der Waals surface area contributed by atoms with Crippen molar-refractivity contribution in [3.63, 3.8) is 0 Å². The van der Waals surface area contributed by atoms with E-state index in [4.69, 9.17) is 21.1 Å². The molecule has 0 bridgehead atoms. The Labute approximate surface area is 163 Å². The Hall–Kier alpha value is -2.45. The van der Waals surface area contributed by atoms with E-state index in [1.807, 2.05) is 0 Å². The van der Waals surface area contributed by atoms with Crippen molar-refractivity contribution in [2.45, 2.75) is 11.8 Å². The highest BCUT2D eigenvalue weighted by atomic mass is 35.5. The maximum Gasteiger partial charge on any atom is 0.268 e. The Bertz CT molecular complexity index is 947. The maximum absolute atomic E-state index is 13.4. The molecule has 0 aliphatic heterocycles. The highest BCUT2D eigenvalue weighted by Crippen LogP contribution is 2.34. The number of ether oxygens (including phenoxy) is 2. The Morgan fingerprint density at radius 1 is 1.11 bits per heavy atom. The van der Waals surface area contributed by atoms with Crippen molar-refractivity contribution >= 4 is 33.2 Å². The number of hydrogen-bond donors (Lipinski definition) is 1. The SMILES string of the molecule is CNC(=O)CN(c1ccc(OC)c(Cl)c1)S(=O)(=O)c1cc(C)ccc1OC. The molecule has 0 fully saturated rings. The number of amides is 1. The molecule has 27 heavy (non-hydrogen) atoms. The first kappa shape index (κ1) is 20.9. The van der Waals surface area contributed by atoms with E-state index in [9.17, 15) is 13.2 Å². The second kappa shape index (κ2) is 8.49. The molecule has 0 saturated carbocycles. The largest absolute Gasteiger partial charge is 0.495 e. The van der Waals surface area contributed by atoms with E-state index in [-0.39, 0.29) is 21.4 Å². The molecule has 0 aromatic heterocycles. The summed E-state index contributed by atoms with van der Waals surface area (Å²) in [6, 6.07) is 9.30. The predicted octanol–water partition coefficient (Wildman–Crippen LogP) is 2.61. The zero-order valence-electron chi connectivity index (χ0n) is 15.4. The average molecular weight is 413 g/mol. The van der Waals surface area contributed by atoms with Crippen molar-refractivity contribution in [2.75, 3.05) is 32.1 Å². The highest BCUT2D eigenvalue weighted by molar-refractivity contribution is 7.93. The number of nitrogens with one attached hydrogen (secondary N) is 1. The molecule has 1 amide bonds. The number of anilines is 1. The first-order valence-electron chi connectivity index (χ1n) is 7.96. The second-order valence-corrected chi connectivity index (χ2v) is 7.90. The quantitative estimate of drug-likeness (QED) is 0.755. The highest BCUT2D eigenvalue weighted by Gasteiger charge is 2.30. The maximum atomic E-state index is 13.4. The second-order valence-electron chi connectivity index (χ2n) is 5.66. The van der Waals surface area contributed by atoms with Crippen LogP contribution in [0.5, 0.6) is 11.5 Å². The molecule has 146 valence electrons. The molecule has 0 aliphatic carbocycles. The minimum Gasteiger partial charge on any atom is -0.495 e. The Morgan fingerprint density at radius 2 is 1.74 bits per heavy atom. The third kappa shape index (κ3) is 4.45. The summed E-state index contributed by atoms with van der Waals surface area (Å²) >= 11 is 6.15. The number of sulfonamides is 1. The van der Waals surface area contributed by atoms with Gasteiger partial charge in [-0.2, -0.15) is 0 Å². The van der Waals surface area contributed by atoms with Crippen LogP contribution in [0.25, 0.3) is 0 Å². The van der Waals surface area contributed by atoms with Crippen LogP contribution in [0.3, 0.4) is 0 Å². The van der Waals surface area contributed by atoms with E-state index in [1.165, 1.54) is 45.5 Å². The van der Waals surface area contributed by atoms with Gasteiger partial charge in [0.2, 0.25) is 5.91 Å². The van der Waals surface area contributed by atoms with Crippen LogP contribution in [0.15, 0.2) is 41.3 Å². The van der Waals surface area contributed by atoms with Gasteiger partial charge in [0.15, 0.2) is 0 Å². The Balaban J connectivity index is 2.65. The Morgan fingerprint density at radius 3 is 2.30 bits per heavy atom. The third-order valence-electron chi connectivity index (χ3n) is 3.88. The summed E-state index contributed by atoms with van der Waals surface area (Å²) in [4.78, 5) is 12.0. The lowest BCUT2D eigenvalue weighted by Gasteiger charge is -2.25. The van der Waals surface area contributed by atoms with E-state index in [0.29, 0.717) is 5.75 Å². The van der Waals surface area contributed by atoms with E-state index >= 15 is 0 Å². The first-order chi connectivity index (χ1) is 12.7. The summed E-state index contributed by atoms with van der Waals surface area (Å²) in [5.74, 6) is 0.102. The van der Waals surface area contributed by atoms with Gasteiger partial charge in [-0.15, -0.1) is 0 Å². The lowest BCUT2D eigenvalue weighted by Crippen LogP contribution is -2.40. The minimum absolute atomic E-state index is 0.0409. The predicted molar refractivity (Wildman–Crippen MR) is 104 cm³/mol. The molecule has 1 N–H and O–H groups in total. The lowest BCUT2D eigenvalue weighted by atomic mass is 10.2. The summed E-state index contributed by atoms with van der Waals surface area (Å²) in [7, 11) is 0.161. The van der Waals surface area contributed by atoms with E-state index in [0.717, 1.165) is 9.87 Å². The van der Waals surface area contributed by atoms with Crippen molar-refractivity contribution in [3.8, 4) is 11.5 Å². The minimum atomic E-state index is -4.11. The van der Waals surface area contributed by atoms with Gasteiger partial charge in [0.25, 0.3) is 10.0 Å². The van der Waals surface area contributed by atoms with Crippen LogP contribution < -0.4 is 19.1 Å². The van der Waals surface area contributed by atoms with Crippen molar-refractivity contribution in [3.05, 3.63) is 47.0 Å². The number of hydrogen-bond acceptors (Lipinski definition) is 5. The van der Waals surface area contributed by atoms with Gasteiger partial charge in [-0.25, -0.2) is 8.42 Å². The van der Waals surface area contributed by atoms with Gasteiger partial charge in [-0.1, -0.05) is 17.7 Å². The summed E-state index contributed by atoms with van der Waals surface area (Å²) in [6.07, 6.45) is 0. The van der Waals surface area contributed by atoms with Crippen LogP contribution in [-0.4, -0.2) is 42.1 Å². The molecule has 7 nitrogen and oxygen atoms in total. The van der Waals surface area contributed by atoms with Crippen LogP contribution in [0.4, 0.5) is 5.69 Å². The van der Waals surface area contributed by atoms with E-state index < -0.39 is 22.5 Å². The van der Waals surface area contributed by atoms with Crippen LogP contribution in [-0.2, 0) is 14.8 Å². The number of methoxy groups -OCH3 is 2. The molecule has 0 spiro atoms. The smallest absolute Gasteiger partial charge is 0.268 e. The van der Waals surface area contributed by atoms with Crippen LogP contribution in [0.2, 0.25) is 5.02 Å². The number of carbonyl (C=O) groups is 1. The fourth-order valence-electron chi connectivity index (χ4n) is 2.44. The van der Waals surface area contributed by atoms with Gasteiger partial charge in [0.1, 0.15) is 22.9 Å². The third-order valence-corrected chi connectivity index (χ3v) is 5.97. The van der Waals surface area contributed by atoms with Crippen molar-refractivity contribution in [2.24, 2.45) is 0 Å². The molecule has 2 aromatic rings. The first-order valence-corrected chi connectivity index (χ1v) is 9.78. The lowest BCUT2D eigenvalue weighted by molar-refractivity contribution is -0.119. The van der Waals surface area contributed by atoms with Crippen LogP contribution in [0, 0.1) is 6.92 Å². The summed E-state index contributed by atoms with van der Waals surface area (Å²) in [5.41, 5.74) is 0.968. The average Bonchev–Trinajstić information content (AvgIpc) is 2.65. The molecule has 0 aliphatic rings. The fourth-order valence-corrected chi connectivity index (χ4v) is 4.35. The molecule has 0 heterocycles. The number of nitrogens with zero attached hydrogens (tertiary/aromatic N) is 1. The topological polar surface area (TPSA) is 84.9 Å². The molecule has 2 aromatic carbocycles. The number of rotatable bonds is 7. The summed E-state index contributed by atoms with van der Waals surface area (Å²) in [5, 5.41) is 2.66. The van der Waals surface area contributed by atoms with E-state index in [2.05, 4.69) is 5.32 Å². The number of likely N-dealkylation sites (N-methyl/N-ethyl adjacent to an activating group) is 1. The zero-order valence-corrected chi connectivity index (χ0v) is 17.0. The van der Waals surface area contributed by atoms with Crippen molar-refractivity contribution in [1.82, 2.24) is 5.32 Å². The summed E-state index contributed by atoms with van der Waals surface area (Å²) < 4.78 is 38.0. The monoisotopic (exact) mass is 412 g/mol. The molecule has 9 heteroatoms. The standard InChI is InChI=1S/C18H21ClN2O5S/c1-12-5-7-16(26-4)17(9-12)27(23,24)21(11-18(22)20-2)13-6-8-15(25-3)14(19)10-13/h5-10H,11H2,1-4H3,(H,20,22). The molecule has 0 saturated heterocycles. The van der Waals surface area contributed by atoms with Crippen molar-refractivity contribution in [1.29, 1.82) is 0 Å². The summed E-state index contributed by atoms with van der Waals surface area (Å²) in [6.45, 7) is 1.35. The molecule has 0 atom stereocenters. The van der Waals surface area contributed by atoms with Crippen LogP contribution >= 0.6 is 11.6 Å². The van der Waals surface area contributed by atoms with Gasteiger partial charge in [0, 0.05) is 7.05 Å². The number of halogens is 1. The van der Waals surface area contributed by atoms with Gasteiger partial charge in [-0.05, 0) is 42.8 Å². The molecular formula is C18H21ClN2O5S. The number of benzene rings is 2. The fraction of sp³-hybridized carbons (Fsp3) is 0.278. The molecule has 0 unspecified atom stereocenters.